The van der Waals surface area contributed by atoms with E-state index in [1.807, 2.05) is 12.1 Å². The van der Waals surface area contributed by atoms with Gasteiger partial charge in [0.25, 0.3) is 0 Å². The van der Waals surface area contributed by atoms with Gasteiger partial charge in [-0.3, -0.25) is 0 Å². The molecule has 0 spiro atoms. The summed E-state index contributed by atoms with van der Waals surface area (Å²) >= 11 is 0. The highest BCUT2D eigenvalue weighted by atomic mass is 16.5. The number of piperidine rings is 1. The zero-order chi connectivity index (χ0) is 12.4. The number of fused-ring (bicyclic) bond motifs is 1. The summed E-state index contributed by atoms with van der Waals surface area (Å²) in [6, 6.07) is 8.78. The van der Waals surface area contributed by atoms with Gasteiger partial charge in [0.1, 0.15) is 17.4 Å². The third-order valence-electron chi connectivity index (χ3n) is 3.15. The molecule has 1 unspecified atom stereocenters. The monoisotopic (exact) mass is 245 g/mol. The standard InChI is InChI=1S/C14H15NO3/c16-14-6-4-10-3-5-11(8-13(10)18-14)17-12-2-1-7-15-9-12/h3-6,8,12,15H,1-2,7,9H2. The summed E-state index contributed by atoms with van der Waals surface area (Å²) < 4.78 is 11.0. The molecule has 0 saturated carbocycles. The van der Waals surface area contributed by atoms with Crippen molar-refractivity contribution in [2.24, 2.45) is 0 Å². The molecule has 0 amide bonds. The van der Waals surface area contributed by atoms with Crippen LogP contribution in [0.5, 0.6) is 5.75 Å². The van der Waals surface area contributed by atoms with Crippen LogP contribution in [0.15, 0.2) is 39.5 Å². The Morgan fingerprint density at radius 2 is 2.17 bits per heavy atom. The van der Waals surface area contributed by atoms with Crippen LogP contribution < -0.4 is 15.7 Å². The molecule has 0 aliphatic carbocycles. The van der Waals surface area contributed by atoms with Crippen molar-refractivity contribution < 1.29 is 9.15 Å². The molecule has 1 aromatic heterocycles. The lowest BCUT2D eigenvalue weighted by Crippen LogP contribution is -2.37. The van der Waals surface area contributed by atoms with Crippen LogP contribution in [0.2, 0.25) is 0 Å². The fourth-order valence-electron chi connectivity index (χ4n) is 2.23. The van der Waals surface area contributed by atoms with E-state index < -0.39 is 0 Å². The smallest absolute Gasteiger partial charge is 0.336 e. The van der Waals surface area contributed by atoms with E-state index in [1.54, 1.807) is 12.1 Å². The number of ether oxygens (including phenoxy) is 1. The molecule has 18 heavy (non-hydrogen) atoms. The quantitative estimate of drug-likeness (QED) is 0.821. The van der Waals surface area contributed by atoms with E-state index >= 15 is 0 Å². The summed E-state index contributed by atoms with van der Waals surface area (Å²) in [7, 11) is 0. The highest BCUT2D eigenvalue weighted by molar-refractivity contribution is 5.77. The Hall–Kier alpha value is -1.81. The average molecular weight is 245 g/mol. The van der Waals surface area contributed by atoms with Gasteiger partial charge in [-0.15, -0.1) is 0 Å². The third-order valence-corrected chi connectivity index (χ3v) is 3.15. The summed E-state index contributed by atoms with van der Waals surface area (Å²) in [6.45, 7) is 1.93. The van der Waals surface area contributed by atoms with Crippen molar-refractivity contribution in [3.63, 3.8) is 0 Å². The van der Waals surface area contributed by atoms with Crippen LogP contribution >= 0.6 is 0 Å². The molecule has 1 aliphatic heterocycles. The minimum Gasteiger partial charge on any atom is -0.489 e. The van der Waals surface area contributed by atoms with Crippen molar-refractivity contribution in [3.05, 3.63) is 40.8 Å². The second-order valence-electron chi connectivity index (χ2n) is 4.54. The zero-order valence-corrected chi connectivity index (χ0v) is 10.0. The lowest BCUT2D eigenvalue weighted by Gasteiger charge is -2.23. The van der Waals surface area contributed by atoms with Crippen molar-refractivity contribution in [2.45, 2.75) is 18.9 Å². The van der Waals surface area contributed by atoms with Crippen LogP contribution in [0.4, 0.5) is 0 Å². The second kappa shape index (κ2) is 4.82. The maximum Gasteiger partial charge on any atom is 0.336 e. The van der Waals surface area contributed by atoms with Crippen LogP contribution in [0, 0.1) is 0 Å². The van der Waals surface area contributed by atoms with Gasteiger partial charge in [0.05, 0.1) is 0 Å². The number of hydrogen-bond donors (Lipinski definition) is 1. The van der Waals surface area contributed by atoms with Gasteiger partial charge in [0, 0.05) is 24.1 Å². The van der Waals surface area contributed by atoms with Gasteiger partial charge in [0.2, 0.25) is 0 Å². The minimum absolute atomic E-state index is 0.201. The van der Waals surface area contributed by atoms with Crippen molar-refractivity contribution >= 4 is 11.0 Å². The van der Waals surface area contributed by atoms with Gasteiger partial charge in [-0.05, 0) is 37.6 Å². The molecular weight excluding hydrogens is 230 g/mol. The molecule has 0 bridgehead atoms. The Kier molecular flexibility index (Phi) is 3.02. The molecule has 3 rings (SSSR count). The molecule has 1 atom stereocenters. The fourth-order valence-corrected chi connectivity index (χ4v) is 2.23. The summed E-state index contributed by atoms with van der Waals surface area (Å²) in [4.78, 5) is 11.2. The second-order valence-corrected chi connectivity index (χ2v) is 4.54. The van der Waals surface area contributed by atoms with E-state index in [0.717, 1.165) is 37.1 Å². The first-order valence-electron chi connectivity index (χ1n) is 6.22. The first-order chi connectivity index (χ1) is 8.81. The predicted octanol–water partition coefficient (Wildman–Crippen LogP) is 1.92. The number of nitrogens with one attached hydrogen (secondary N) is 1. The fraction of sp³-hybridized carbons (Fsp3) is 0.357. The first kappa shape index (κ1) is 11.3. The van der Waals surface area contributed by atoms with Gasteiger partial charge in [-0.25, -0.2) is 4.79 Å². The molecule has 1 aliphatic rings. The maximum atomic E-state index is 11.2. The maximum absolute atomic E-state index is 11.2. The molecule has 1 aromatic carbocycles. The van der Waals surface area contributed by atoms with Gasteiger partial charge >= 0.3 is 5.63 Å². The van der Waals surface area contributed by atoms with Crippen LogP contribution in [-0.2, 0) is 0 Å². The van der Waals surface area contributed by atoms with Crippen molar-refractivity contribution in [2.75, 3.05) is 13.1 Å². The summed E-state index contributed by atoms with van der Waals surface area (Å²) in [5.41, 5.74) is 0.239. The van der Waals surface area contributed by atoms with Gasteiger partial charge in [0.15, 0.2) is 0 Å². The Balaban J connectivity index is 1.85. The largest absolute Gasteiger partial charge is 0.489 e. The van der Waals surface area contributed by atoms with Crippen LogP contribution in [-0.4, -0.2) is 19.2 Å². The SMILES string of the molecule is O=c1ccc2ccc(OC3CCCNC3)cc2o1. The molecular formula is C14H15NO3. The molecule has 4 nitrogen and oxygen atoms in total. The van der Waals surface area contributed by atoms with Crippen molar-refractivity contribution in [1.82, 2.24) is 5.32 Å². The highest BCUT2D eigenvalue weighted by Gasteiger charge is 2.14. The van der Waals surface area contributed by atoms with E-state index in [0.29, 0.717) is 5.58 Å². The van der Waals surface area contributed by atoms with Gasteiger partial charge in [-0.2, -0.15) is 0 Å². The molecule has 1 saturated heterocycles. The van der Waals surface area contributed by atoms with Gasteiger partial charge < -0.3 is 14.5 Å². The van der Waals surface area contributed by atoms with E-state index in [9.17, 15) is 4.79 Å². The van der Waals surface area contributed by atoms with Crippen LogP contribution in [0.3, 0.4) is 0 Å². The van der Waals surface area contributed by atoms with Crippen LogP contribution in [0.25, 0.3) is 11.0 Å². The van der Waals surface area contributed by atoms with Crippen molar-refractivity contribution in [3.8, 4) is 5.75 Å². The molecule has 1 fully saturated rings. The molecule has 2 aromatic rings. The van der Waals surface area contributed by atoms with Crippen molar-refractivity contribution in [1.29, 1.82) is 0 Å². The number of benzene rings is 1. The molecule has 4 heteroatoms. The highest BCUT2D eigenvalue weighted by Crippen LogP contribution is 2.21. The van der Waals surface area contributed by atoms with E-state index in [2.05, 4.69) is 5.32 Å². The topological polar surface area (TPSA) is 51.5 Å². The predicted molar refractivity (Wildman–Crippen MR) is 69.0 cm³/mol. The Bertz CT molecular complexity index is 599. The molecule has 1 N–H and O–H groups in total. The number of rotatable bonds is 2. The number of hydrogen-bond acceptors (Lipinski definition) is 4. The summed E-state index contributed by atoms with van der Waals surface area (Å²) in [5.74, 6) is 0.755. The van der Waals surface area contributed by atoms with E-state index in [-0.39, 0.29) is 11.7 Å². The van der Waals surface area contributed by atoms with E-state index in [4.69, 9.17) is 9.15 Å². The Morgan fingerprint density at radius 1 is 1.28 bits per heavy atom. The Morgan fingerprint density at radius 3 is 3.00 bits per heavy atom. The van der Waals surface area contributed by atoms with Gasteiger partial charge in [-0.1, -0.05) is 0 Å². The average Bonchev–Trinajstić information content (AvgIpc) is 2.39. The molecule has 94 valence electrons. The Labute approximate surface area is 105 Å². The summed E-state index contributed by atoms with van der Waals surface area (Å²) in [6.07, 6.45) is 2.39. The lowest BCUT2D eigenvalue weighted by atomic mass is 10.1. The first-order valence-corrected chi connectivity index (χ1v) is 6.22. The lowest BCUT2D eigenvalue weighted by molar-refractivity contribution is 0.167. The van der Waals surface area contributed by atoms with E-state index in [1.165, 1.54) is 6.07 Å². The molecule has 2 heterocycles. The summed E-state index contributed by atoms with van der Waals surface area (Å²) in [5, 5.41) is 4.21. The zero-order valence-electron chi connectivity index (χ0n) is 10.0. The molecule has 0 radical (unpaired) electrons. The van der Waals surface area contributed by atoms with Crippen LogP contribution in [0.1, 0.15) is 12.8 Å². The normalized spacial score (nSPS) is 19.9. The minimum atomic E-state index is -0.334. The third kappa shape index (κ3) is 2.38.